The van der Waals surface area contributed by atoms with Crippen molar-refractivity contribution in [2.75, 3.05) is 26.7 Å². The molecule has 0 fully saturated rings. The van der Waals surface area contributed by atoms with Crippen LogP contribution in [0.2, 0.25) is 0 Å². The molecule has 1 rings (SSSR count). The molecule has 1 atom stereocenters. The normalized spacial score (nSPS) is 12.0. The molecule has 0 aliphatic rings. The summed E-state index contributed by atoms with van der Waals surface area (Å²) in [6, 6.07) is 10.2. The molecule has 5 nitrogen and oxygen atoms in total. The van der Waals surface area contributed by atoms with Gasteiger partial charge in [0.2, 0.25) is 0 Å². The maximum atomic E-state index is 11.8. The lowest BCUT2D eigenvalue weighted by Gasteiger charge is -2.14. The summed E-state index contributed by atoms with van der Waals surface area (Å²) in [5.41, 5.74) is 1.20. The van der Waals surface area contributed by atoms with Gasteiger partial charge in [-0.05, 0) is 25.8 Å². The molecule has 0 heterocycles. The molecule has 1 aromatic carbocycles. The van der Waals surface area contributed by atoms with E-state index in [2.05, 4.69) is 10.6 Å². The standard InChI is InChI=1S/C16H25N3O2/c1-13(2)18-16(21)12-19(3)11-15(20)17-10-9-14-7-5-4-6-8-14/h4-8,13H,9-12H2,1-3H3,(H,17,20)(H,18,21)/p+1. The number of likely N-dealkylation sites (N-methyl/N-ethyl adjacent to an activating group) is 1. The van der Waals surface area contributed by atoms with Crippen LogP contribution in [-0.2, 0) is 16.0 Å². The Morgan fingerprint density at radius 1 is 1.10 bits per heavy atom. The van der Waals surface area contributed by atoms with Crippen LogP contribution in [0, 0.1) is 0 Å². The summed E-state index contributed by atoms with van der Waals surface area (Å²) in [6.07, 6.45) is 0.819. The van der Waals surface area contributed by atoms with Gasteiger partial charge in [-0.2, -0.15) is 0 Å². The summed E-state index contributed by atoms with van der Waals surface area (Å²) in [5, 5.41) is 5.70. The van der Waals surface area contributed by atoms with Gasteiger partial charge in [-0.25, -0.2) is 0 Å². The fraction of sp³-hybridized carbons (Fsp3) is 0.500. The topological polar surface area (TPSA) is 62.6 Å². The minimum Gasteiger partial charge on any atom is -0.351 e. The van der Waals surface area contributed by atoms with E-state index in [0.717, 1.165) is 11.3 Å². The molecule has 0 aliphatic carbocycles. The minimum atomic E-state index is -0.0282. The van der Waals surface area contributed by atoms with Crippen LogP contribution < -0.4 is 15.5 Å². The van der Waals surface area contributed by atoms with Crippen LogP contribution in [0.5, 0.6) is 0 Å². The van der Waals surface area contributed by atoms with Crippen LogP contribution in [0.25, 0.3) is 0 Å². The van der Waals surface area contributed by atoms with Gasteiger partial charge in [-0.15, -0.1) is 0 Å². The number of benzene rings is 1. The number of hydrogen-bond acceptors (Lipinski definition) is 2. The number of carbonyl (C=O) groups is 2. The third-order valence-corrected chi connectivity index (χ3v) is 2.95. The van der Waals surface area contributed by atoms with Gasteiger partial charge in [0.1, 0.15) is 0 Å². The van der Waals surface area contributed by atoms with E-state index in [4.69, 9.17) is 0 Å². The number of amides is 2. The van der Waals surface area contributed by atoms with E-state index in [1.54, 1.807) is 0 Å². The Bertz CT molecular complexity index is 446. The molecule has 21 heavy (non-hydrogen) atoms. The van der Waals surface area contributed by atoms with Crippen molar-refractivity contribution >= 4 is 11.8 Å². The smallest absolute Gasteiger partial charge is 0.275 e. The SMILES string of the molecule is CC(C)NC(=O)C[NH+](C)CC(=O)NCCc1ccccc1. The molecule has 5 heteroatoms. The first kappa shape index (κ1) is 17.2. The van der Waals surface area contributed by atoms with Crippen LogP contribution in [0.15, 0.2) is 30.3 Å². The number of quaternary nitrogens is 1. The van der Waals surface area contributed by atoms with E-state index >= 15 is 0 Å². The Hall–Kier alpha value is -1.88. The van der Waals surface area contributed by atoms with Gasteiger partial charge < -0.3 is 15.5 Å². The highest BCUT2D eigenvalue weighted by atomic mass is 16.2. The van der Waals surface area contributed by atoms with E-state index in [-0.39, 0.29) is 17.9 Å². The second-order valence-electron chi connectivity index (χ2n) is 5.62. The molecular formula is C16H26N3O2+. The fourth-order valence-electron chi connectivity index (χ4n) is 2.04. The molecule has 0 saturated carbocycles. The van der Waals surface area contributed by atoms with E-state index in [1.165, 1.54) is 5.56 Å². The van der Waals surface area contributed by atoms with Crippen LogP contribution in [-0.4, -0.2) is 44.5 Å². The third kappa shape index (κ3) is 8.09. The zero-order valence-electron chi connectivity index (χ0n) is 13.1. The lowest BCUT2D eigenvalue weighted by Crippen LogP contribution is -3.11. The van der Waals surface area contributed by atoms with Crippen molar-refractivity contribution in [1.82, 2.24) is 10.6 Å². The highest BCUT2D eigenvalue weighted by molar-refractivity contribution is 5.79. The number of carbonyl (C=O) groups excluding carboxylic acids is 2. The Kier molecular flexibility index (Phi) is 7.46. The Balaban J connectivity index is 2.19. The Morgan fingerprint density at radius 2 is 1.71 bits per heavy atom. The van der Waals surface area contributed by atoms with Crippen molar-refractivity contribution in [2.24, 2.45) is 0 Å². The lowest BCUT2D eigenvalue weighted by atomic mass is 10.1. The van der Waals surface area contributed by atoms with Gasteiger partial charge in [0, 0.05) is 12.6 Å². The van der Waals surface area contributed by atoms with Gasteiger partial charge in [-0.1, -0.05) is 30.3 Å². The number of hydrogen-bond donors (Lipinski definition) is 3. The zero-order chi connectivity index (χ0) is 15.7. The van der Waals surface area contributed by atoms with Crippen LogP contribution in [0.1, 0.15) is 19.4 Å². The molecule has 0 radical (unpaired) electrons. The predicted octanol–water partition coefficient (Wildman–Crippen LogP) is -0.615. The van der Waals surface area contributed by atoms with Crippen LogP contribution in [0.4, 0.5) is 0 Å². The predicted molar refractivity (Wildman–Crippen MR) is 83.1 cm³/mol. The fourth-order valence-corrected chi connectivity index (χ4v) is 2.04. The van der Waals surface area contributed by atoms with Crippen molar-refractivity contribution in [3.63, 3.8) is 0 Å². The molecule has 0 spiro atoms. The lowest BCUT2D eigenvalue weighted by molar-refractivity contribution is -0.862. The molecule has 1 aromatic rings. The largest absolute Gasteiger partial charge is 0.351 e. The van der Waals surface area contributed by atoms with E-state index in [1.807, 2.05) is 51.2 Å². The van der Waals surface area contributed by atoms with Crippen molar-refractivity contribution in [3.8, 4) is 0 Å². The first-order valence-corrected chi connectivity index (χ1v) is 7.38. The summed E-state index contributed by atoms with van der Waals surface area (Å²) in [6.45, 7) is 5.08. The molecule has 0 aromatic heterocycles. The van der Waals surface area contributed by atoms with Gasteiger partial charge in [0.05, 0.1) is 7.05 Å². The maximum absolute atomic E-state index is 11.8. The van der Waals surface area contributed by atoms with Crippen LogP contribution >= 0.6 is 0 Å². The second-order valence-corrected chi connectivity index (χ2v) is 5.62. The summed E-state index contributed by atoms with van der Waals surface area (Å²) in [5.74, 6) is -0.0552. The summed E-state index contributed by atoms with van der Waals surface area (Å²) in [7, 11) is 1.84. The van der Waals surface area contributed by atoms with Gasteiger partial charge in [0.15, 0.2) is 13.1 Å². The third-order valence-electron chi connectivity index (χ3n) is 2.95. The monoisotopic (exact) mass is 292 g/mol. The number of rotatable bonds is 8. The first-order chi connectivity index (χ1) is 9.97. The van der Waals surface area contributed by atoms with E-state index in [9.17, 15) is 9.59 Å². The Morgan fingerprint density at radius 3 is 2.33 bits per heavy atom. The quantitative estimate of drug-likeness (QED) is 0.598. The average Bonchev–Trinajstić information content (AvgIpc) is 2.38. The van der Waals surface area contributed by atoms with Gasteiger partial charge >= 0.3 is 0 Å². The average molecular weight is 292 g/mol. The molecule has 116 valence electrons. The van der Waals surface area contributed by atoms with Gasteiger partial charge in [-0.3, -0.25) is 9.59 Å². The van der Waals surface area contributed by atoms with Crippen molar-refractivity contribution < 1.29 is 14.5 Å². The minimum absolute atomic E-state index is 0.0271. The first-order valence-electron chi connectivity index (χ1n) is 7.38. The highest BCUT2D eigenvalue weighted by Gasteiger charge is 2.14. The van der Waals surface area contributed by atoms with Gasteiger partial charge in [0.25, 0.3) is 11.8 Å². The zero-order valence-corrected chi connectivity index (χ0v) is 13.1. The van der Waals surface area contributed by atoms with E-state index in [0.29, 0.717) is 19.6 Å². The molecular weight excluding hydrogens is 266 g/mol. The van der Waals surface area contributed by atoms with Crippen molar-refractivity contribution in [2.45, 2.75) is 26.3 Å². The molecule has 0 bridgehead atoms. The van der Waals surface area contributed by atoms with Crippen LogP contribution in [0.3, 0.4) is 0 Å². The van der Waals surface area contributed by atoms with E-state index < -0.39 is 0 Å². The van der Waals surface area contributed by atoms with Crippen molar-refractivity contribution in [3.05, 3.63) is 35.9 Å². The maximum Gasteiger partial charge on any atom is 0.275 e. The molecule has 2 amide bonds. The Labute approximate surface area is 126 Å². The summed E-state index contributed by atoms with van der Waals surface area (Å²) >= 11 is 0. The molecule has 0 saturated heterocycles. The second kappa shape index (κ2) is 9.13. The summed E-state index contributed by atoms with van der Waals surface area (Å²) < 4.78 is 0. The van der Waals surface area contributed by atoms with Crippen molar-refractivity contribution in [1.29, 1.82) is 0 Å². The number of nitrogens with one attached hydrogen (secondary N) is 3. The molecule has 3 N–H and O–H groups in total. The highest BCUT2D eigenvalue weighted by Crippen LogP contribution is 1.97. The summed E-state index contributed by atoms with van der Waals surface area (Å²) in [4.78, 5) is 24.2. The molecule has 1 unspecified atom stereocenters. The molecule has 0 aliphatic heterocycles.